The monoisotopic (exact) mass is 315 g/mol. The van der Waals surface area contributed by atoms with Crippen molar-refractivity contribution in [3.63, 3.8) is 0 Å². The molecule has 0 bridgehead atoms. The number of terminal acetylenes is 1. The molecule has 0 radical (unpaired) electrons. The summed E-state index contributed by atoms with van der Waals surface area (Å²) in [5, 5.41) is 16.2. The molecule has 0 saturated carbocycles. The van der Waals surface area contributed by atoms with Crippen molar-refractivity contribution in [1.82, 2.24) is 15.2 Å². The smallest absolute Gasteiger partial charge is 0.342 e. The van der Waals surface area contributed by atoms with Crippen LogP contribution >= 0.6 is 11.8 Å². The van der Waals surface area contributed by atoms with Crippen molar-refractivity contribution in [1.29, 1.82) is 0 Å². The summed E-state index contributed by atoms with van der Waals surface area (Å²) < 4.78 is 5.26. The van der Waals surface area contributed by atoms with Crippen molar-refractivity contribution in [2.75, 3.05) is 6.61 Å². The van der Waals surface area contributed by atoms with E-state index in [-0.39, 0.29) is 11.5 Å². The Bertz CT molecular complexity index is 729. The van der Waals surface area contributed by atoms with Gasteiger partial charge >= 0.3 is 5.97 Å². The van der Waals surface area contributed by atoms with Crippen LogP contribution in [-0.2, 0) is 4.79 Å². The molecule has 1 heterocycles. The number of hydrogen-bond donors (Lipinski definition) is 2. The second kappa shape index (κ2) is 7.33. The molecule has 0 aliphatic rings. The number of nitrogens with zero attached hydrogens (tertiary/aromatic N) is 2. The summed E-state index contributed by atoms with van der Waals surface area (Å²) in [6.07, 6.45) is 6.66. The number of benzene rings is 1. The Balaban J connectivity index is 2.15. The van der Waals surface area contributed by atoms with Crippen molar-refractivity contribution >= 4 is 23.8 Å². The van der Waals surface area contributed by atoms with Crippen molar-refractivity contribution in [2.24, 2.45) is 0 Å². The van der Waals surface area contributed by atoms with Crippen LogP contribution in [0, 0.1) is 19.3 Å². The number of H-pyrrole nitrogens is 1. The third-order valence-electron chi connectivity index (χ3n) is 2.49. The summed E-state index contributed by atoms with van der Waals surface area (Å²) in [6, 6.07) is 6.95. The molecule has 0 spiro atoms. The minimum atomic E-state index is -1.04. The number of aliphatic carboxylic acids is 1. The number of carboxylic acids is 1. The first-order valence-electron chi connectivity index (χ1n) is 6.26. The Kier molecular flexibility index (Phi) is 5.22. The number of carbonyl (C=O) groups is 1. The van der Waals surface area contributed by atoms with E-state index in [0.717, 1.165) is 17.3 Å². The molecule has 6 nitrogen and oxygen atoms in total. The van der Waals surface area contributed by atoms with Gasteiger partial charge in [0.25, 0.3) is 0 Å². The molecule has 2 aromatic rings. The molecule has 0 saturated heterocycles. The molecule has 0 atom stereocenters. The van der Waals surface area contributed by atoms with E-state index >= 15 is 0 Å². The molecule has 22 heavy (non-hydrogen) atoms. The van der Waals surface area contributed by atoms with E-state index in [1.807, 2.05) is 0 Å². The number of ether oxygens (including phenoxy) is 1. The van der Waals surface area contributed by atoms with Gasteiger partial charge in [0.15, 0.2) is 0 Å². The summed E-state index contributed by atoms with van der Waals surface area (Å²) in [5.41, 5.74) is 0.727. The zero-order valence-electron chi connectivity index (χ0n) is 11.7. The van der Waals surface area contributed by atoms with Crippen LogP contribution in [0.3, 0.4) is 0 Å². The zero-order chi connectivity index (χ0) is 15.9. The van der Waals surface area contributed by atoms with E-state index in [4.69, 9.17) is 11.2 Å². The Hall–Kier alpha value is -2.72. The fourth-order valence-electron chi connectivity index (χ4n) is 1.54. The van der Waals surface area contributed by atoms with E-state index in [2.05, 4.69) is 21.1 Å². The molecule has 1 aromatic carbocycles. The molecule has 0 unspecified atom stereocenters. The standard InChI is InChI=1S/C15H13N3O3S/c1-3-8-21-12-6-4-11(5-7-12)9-13(14(19)20)22-15-16-10(2)17-18-15/h1,4-7,9H,8H2,2H3,(H,19,20)(H,16,17,18)/b13-9-. The van der Waals surface area contributed by atoms with Crippen LogP contribution in [0.15, 0.2) is 34.3 Å². The summed E-state index contributed by atoms with van der Waals surface area (Å²) in [6.45, 7) is 1.94. The van der Waals surface area contributed by atoms with Crippen LogP contribution in [-0.4, -0.2) is 32.9 Å². The molecule has 0 aliphatic heterocycles. The highest BCUT2D eigenvalue weighted by molar-refractivity contribution is 8.04. The quantitative estimate of drug-likeness (QED) is 0.483. The van der Waals surface area contributed by atoms with Crippen molar-refractivity contribution < 1.29 is 14.6 Å². The van der Waals surface area contributed by atoms with E-state index in [9.17, 15) is 9.90 Å². The number of carboxylic acid groups (broad SMARTS) is 1. The van der Waals surface area contributed by atoms with E-state index in [1.54, 1.807) is 37.3 Å². The number of aromatic nitrogens is 3. The predicted octanol–water partition coefficient (Wildman–Crippen LogP) is 2.34. The van der Waals surface area contributed by atoms with Crippen LogP contribution < -0.4 is 4.74 Å². The summed E-state index contributed by atoms with van der Waals surface area (Å²) in [5.74, 6) is 2.59. The Morgan fingerprint density at radius 2 is 2.23 bits per heavy atom. The molecule has 7 heteroatoms. The number of aromatic amines is 1. The molecular weight excluding hydrogens is 302 g/mol. The Morgan fingerprint density at radius 1 is 1.50 bits per heavy atom. The lowest BCUT2D eigenvalue weighted by molar-refractivity contribution is -0.131. The molecule has 2 rings (SSSR count). The van der Waals surface area contributed by atoms with Gasteiger partial charge in [-0.15, -0.1) is 11.5 Å². The maximum absolute atomic E-state index is 11.3. The third kappa shape index (κ3) is 4.40. The Labute approximate surface area is 131 Å². The average Bonchev–Trinajstić information content (AvgIpc) is 2.91. The van der Waals surface area contributed by atoms with E-state index in [0.29, 0.717) is 16.7 Å². The fourth-order valence-corrected chi connectivity index (χ4v) is 2.29. The molecule has 1 aromatic heterocycles. The summed E-state index contributed by atoms with van der Waals surface area (Å²) >= 11 is 0.981. The van der Waals surface area contributed by atoms with Gasteiger partial charge < -0.3 is 9.84 Å². The van der Waals surface area contributed by atoms with E-state index in [1.165, 1.54) is 0 Å². The maximum Gasteiger partial charge on any atom is 0.342 e. The van der Waals surface area contributed by atoms with E-state index < -0.39 is 5.97 Å². The van der Waals surface area contributed by atoms with Gasteiger partial charge in [-0.3, -0.25) is 5.10 Å². The van der Waals surface area contributed by atoms with Gasteiger partial charge in [0.2, 0.25) is 5.16 Å². The van der Waals surface area contributed by atoms with Gasteiger partial charge in [-0.05, 0) is 42.5 Å². The van der Waals surface area contributed by atoms with Gasteiger partial charge in [-0.1, -0.05) is 18.1 Å². The number of rotatable bonds is 6. The fraction of sp³-hybridized carbons (Fsp3) is 0.133. The van der Waals surface area contributed by atoms with Crippen LogP contribution in [0.4, 0.5) is 0 Å². The van der Waals surface area contributed by atoms with Gasteiger partial charge in [0, 0.05) is 0 Å². The van der Waals surface area contributed by atoms with Gasteiger partial charge in [-0.2, -0.15) is 0 Å². The van der Waals surface area contributed by atoms with Crippen LogP contribution in [0.5, 0.6) is 5.75 Å². The molecule has 2 N–H and O–H groups in total. The number of hydrogen-bond acceptors (Lipinski definition) is 5. The van der Waals surface area contributed by atoms with Crippen molar-refractivity contribution in [3.05, 3.63) is 40.6 Å². The first kappa shape index (κ1) is 15.7. The first-order chi connectivity index (χ1) is 10.6. The minimum Gasteiger partial charge on any atom is -0.481 e. The molecule has 0 amide bonds. The molecule has 112 valence electrons. The molecule has 0 fully saturated rings. The highest BCUT2D eigenvalue weighted by Crippen LogP contribution is 2.26. The van der Waals surface area contributed by atoms with Crippen molar-refractivity contribution in [2.45, 2.75) is 12.1 Å². The highest BCUT2D eigenvalue weighted by Gasteiger charge is 2.12. The zero-order valence-corrected chi connectivity index (χ0v) is 12.6. The lowest BCUT2D eigenvalue weighted by Crippen LogP contribution is -1.97. The number of thioether (sulfide) groups is 1. The topological polar surface area (TPSA) is 88.1 Å². The van der Waals surface area contributed by atoms with Crippen LogP contribution in [0.1, 0.15) is 11.4 Å². The minimum absolute atomic E-state index is 0.122. The lowest BCUT2D eigenvalue weighted by Gasteiger charge is -2.03. The summed E-state index contributed by atoms with van der Waals surface area (Å²) in [4.78, 5) is 15.5. The van der Waals surface area contributed by atoms with Gasteiger partial charge in [0.1, 0.15) is 23.1 Å². The molecule has 0 aliphatic carbocycles. The second-order valence-electron chi connectivity index (χ2n) is 4.18. The molecular formula is C15H13N3O3S. The normalized spacial score (nSPS) is 11.0. The van der Waals surface area contributed by atoms with Crippen molar-refractivity contribution in [3.8, 4) is 18.1 Å². The first-order valence-corrected chi connectivity index (χ1v) is 7.08. The highest BCUT2D eigenvalue weighted by atomic mass is 32.2. The largest absolute Gasteiger partial charge is 0.481 e. The maximum atomic E-state index is 11.3. The van der Waals surface area contributed by atoms with Gasteiger partial charge in [0.05, 0.1) is 0 Å². The summed E-state index contributed by atoms with van der Waals surface area (Å²) in [7, 11) is 0. The van der Waals surface area contributed by atoms with Crippen LogP contribution in [0.25, 0.3) is 6.08 Å². The number of aryl methyl sites for hydroxylation is 1. The SMILES string of the molecule is C#CCOc1ccc(/C=C(\Sc2n[nH]c(C)n2)C(=O)O)cc1. The van der Waals surface area contributed by atoms with Gasteiger partial charge in [-0.25, -0.2) is 9.78 Å². The van der Waals surface area contributed by atoms with Crippen LogP contribution in [0.2, 0.25) is 0 Å². The predicted molar refractivity (Wildman–Crippen MR) is 83.4 cm³/mol. The number of nitrogens with one attached hydrogen (secondary N) is 1. The second-order valence-corrected chi connectivity index (χ2v) is 5.19. The average molecular weight is 315 g/mol. The third-order valence-corrected chi connectivity index (χ3v) is 3.37. The Morgan fingerprint density at radius 3 is 2.77 bits per heavy atom. The lowest BCUT2D eigenvalue weighted by atomic mass is 10.2.